The van der Waals surface area contributed by atoms with E-state index < -0.39 is 4.92 Å². The molecule has 2 heterocycles. The largest absolute Gasteiger partial charge is 0.492 e. The third-order valence-electron chi connectivity index (χ3n) is 5.12. The third-order valence-corrected chi connectivity index (χ3v) is 6.16. The van der Waals surface area contributed by atoms with Crippen LogP contribution in [0.5, 0.6) is 5.75 Å². The van der Waals surface area contributed by atoms with Gasteiger partial charge in [0, 0.05) is 18.7 Å². The van der Waals surface area contributed by atoms with E-state index in [0.29, 0.717) is 36.2 Å². The van der Waals surface area contributed by atoms with E-state index in [1.54, 1.807) is 17.0 Å². The number of thiazole rings is 1. The number of benzene rings is 2. The van der Waals surface area contributed by atoms with Crippen LogP contribution in [-0.4, -0.2) is 41.7 Å². The highest BCUT2D eigenvalue weighted by Gasteiger charge is 2.27. The predicted molar refractivity (Wildman–Crippen MR) is 119 cm³/mol. The van der Waals surface area contributed by atoms with Crippen molar-refractivity contribution in [2.45, 2.75) is 32.3 Å². The summed E-state index contributed by atoms with van der Waals surface area (Å²) in [6, 6.07) is 11.8. The van der Waals surface area contributed by atoms with Crippen molar-refractivity contribution in [1.29, 1.82) is 0 Å². The van der Waals surface area contributed by atoms with Crippen molar-refractivity contribution < 1.29 is 19.2 Å². The number of carbonyl (C=O) groups is 1. The number of nitro benzene ring substituents is 1. The molecule has 1 atom stereocenters. The fraction of sp³-hybridized carbons (Fsp3) is 0.364. The quantitative estimate of drug-likeness (QED) is 0.381. The molecule has 3 aromatic rings. The fourth-order valence-corrected chi connectivity index (χ4v) is 4.59. The van der Waals surface area contributed by atoms with Gasteiger partial charge in [0.05, 0.1) is 35.3 Å². The van der Waals surface area contributed by atoms with E-state index in [4.69, 9.17) is 14.5 Å². The first-order valence-corrected chi connectivity index (χ1v) is 11.0. The molecule has 8 nitrogen and oxygen atoms in total. The second-order valence-corrected chi connectivity index (χ2v) is 8.28. The molecule has 0 aliphatic carbocycles. The van der Waals surface area contributed by atoms with Gasteiger partial charge in [-0.3, -0.25) is 19.8 Å². The van der Waals surface area contributed by atoms with Crippen LogP contribution in [0.25, 0.3) is 10.2 Å². The molecule has 9 heteroatoms. The van der Waals surface area contributed by atoms with E-state index in [0.717, 1.165) is 23.1 Å². The Morgan fingerprint density at radius 1 is 1.32 bits per heavy atom. The Labute approximate surface area is 183 Å². The molecule has 31 heavy (non-hydrogen) atoms. The Morgan fingerprint density at radius 3 is 2.81 bits per heavy atom. The number of nitrogens with zero attached hydrogens (tertiary/aromatic N) is 3. The SMILES string of the molecule is CCOc1cccc2sc(N(CC3CCCO3)C(=O)Cc3ccc([N+](=O)[O-])cc3)nc12. The highest BCUT2D eigenvalue weighted by Crippen LogP contribution is 2.35. The van der Waals surface area contributed by atoms with E-state index in [2.05, 4.69) is 0 Å². The summed E-state index contributed by atoms with van der Waals surface area (Å²) in [5.41, 5.74) is 1.45. The number of ether oxygens (including phenoxy) is 2. The summed E-state index contributed by atoms with van der Waals surface area (Å²) in [6.07, 6.45) is 1.97. The number of nitro groups is 1. The van der Waals surface area contributed by atoms with Crippen LogP contribution in [0, 0.1) is 10.1 Å². The molecule has 1 amide bonds. The number of non-ortho nitro benzene ring substituents is 1. The zero-order valence-electron chi connectivity index (χ0n) is 17.2. The Kier molecular flexibility index (Phi) is 6.43. The van der Waals surface area contributed by atoms with Gasteiger partial charge < -0.3 is 9.47 Å². The maximum Gasteiger partial charge on any atom is 0.269 e. The molecule has 0 saturated carbocycles. The normalized spacial score (nSPS) is 15.8. The zero-order chi connectivity index (χ0) is 21.8. The summed E-state index contributed by atoms with van der Waals surface area (Å²) < 4.78 is 12.4. The molecule has 1 saturated heterocycles. The molecule has 4 rings (SSSR count). The van der Waals surface area contributed by atoms with Crippen molar-refractivity contribution >= 4 is 38.3 Å². The summed E-state index contributed by atoms with van der Waals surface area (Å²) in [5.74, 6) is 0.573. The average molecular weight is 442 g/mol. The van der Waals surface area contributed by atoms with E-state index >= 15 is 0 Å². The lowest BCUT2D eigenvalue weighted by molar-refractivity contribution is -0.384. The molecule has 0 radical (unpaired) electrons. The predicted octanol–water partition coefficient (Wildman–Crippen LogP) is 4.36. The third kappa shape index (κ3) is 4.83. The van der Waals surface area contributed by atoms with Gasteiger partial charge in [-0.05, 0) is 37.5 Å². The van der Waals surface area contributed by atoms with Gasteiger partial charge in [0.15, 0.2) is 5.13 Å². The van der Waals surface area contributed by atoms with Crippen LogP contribution < -0.4 is 9.64 Å². The summed E-state index contributed by atoms with van der Waals surface area (Å²) in [7, 11) is 0. The van der Waals surface area contributed by atoms with Gasteiger partial charge in [0.2, 0.25) is 5.91 Å². The van der Waals surface area contributed by atoms with Crippen molar-refractivity contribution in [2.75, 3.05) is 24.7 Å². The lowest BCUT2D eigenvalue weighted by atomic mass is 10.1. The molecule has 1 fully saturated rings. The Balaban J connectivity index is 1.62. The van der Waals surface area contributed by atoms with Crippen molar-refractivity contribution in [1.82, 2.24) is 4.98 Å². The van der Waals surface area contributed by atoms with E-state index in [-0.39, 0.29) is 24.1 Å². The first-order valence-electron chi connectivity index (χ1n) is 10.2. The number of aromatic nitrogens is 1. The Morgan fingerprint density at radius 2 is 2.13 bits per heavy atom. The molecule has 0 spiro atoms. The topological polar surface area (TPSA) is 94.8 Å². The molecule has 1 aliphatic rings. The van der Waals surface area contributed by atoms with E-state index in [9.17, 15) is 14.9 Å². The highest BCUT2D eigenvalue weighted by atomic mass is 32.1. The van der Waals surface area contributed by atoms with Crippen LogP contribution in [-0.2, 0) is 16.0 Å². The minimum absolute atomic E-state index is 0.00189. The number of hydrogen-bond donors (Lipinski definition) is 0. The van der Waals surface area contributed by atoms with Gasteiger partial charge in [-0.15, -0.1) is 0 Å². The van der Waals surface area contributed by atoms with Crippen molar-refractivity contribution in [3.8, 4) is 5.75 Å². The molecule has 1 aromatic heterocycles. The number of hydrogen-bond acceptors (Lipinski definition) is 7. The van der Waals surface area contributed by atoms with E-state index in [1.165, 1.54) is 23.5 Å². The van der Waals surface area contributed by atoms with Gasteiger partial charge in [-0.1, -0.05) is 29.5 Å². The molecule has 1 unspecified atom stereocenters. The minimum Gasteiger partial charge on any atom is -0.492 e. The minimum atomic E-state index is -0.452. The van der Waals surface area contributed by atoms with E-state index in [1.807, 2.05) is 25.1 Å². The van der Waals surface area contributed by atoms with Crippen molar-refractivity contribution in [3.05, 3.63) is 58.1 Å². The number of para-hydroxylation sites is 1. The first-order chi connectivity index (χ1) is 15.0. The van der Waals surface area contributed by atoms with Crippen LogP contribution in [0.4, 0.5) is 10.8 Å². The lowest BCUT2D eigenvalue weighted by Gasteiger charge is -2.23. The van der Waals surface area contributed by atoms with Gasteiger partial charge in [-0.2, -0.15) is 0 Å². The highest BCUT2D eigenvalue weighted by molar-refractivity contribution is 7.22. The number of amides is 1. The van der Waals surface area contributed by atoms with Gasteiger partial charge in [0.25, 0.3) is 5.69 Å². The van der Waals surface area contributed by atoms with Crippen LogP contribution in [0.3, 0.4) is 0 Å². The summed E-state index contributed by atoms with van der Waals surface area (Å²) in [4.78, 5) is 30.1. The fourth-order valence-electron chi connectivity index (χ4n) is 3.58. The number of carbonyl (C=O) groups excluding carboxylic acids is 1. The summed E-state index contributed by atoms with van der Waals surface area (Å²) in [5, 5.41) is 11.5. The van der Waals surface area contributed by atoms with Crippen LogP contribution >= 0.6 is 11.3 Å². The monoisotopic (exact) mass is 441 g/mol. The molecular weight excluding hydrogens is 418 g/mol. The Bertz CT molecular complexity index is 1080. The standard InChI is InChI=1S/C22H23N3O5S/c1-2-29-18-6-3-7-19-21(18)23-22(31-19)24(14-17-5-4-12-30-17)20(26)13-15-8-10-16(11-9-15)25(27)28/h3,6-11,17H,2,4-5,12-14H2,1H3. The van der Waals surface area contributed by atoms with Crippen LogP contribution in [0.2, 0.25) is 0 Å². The molecule has 0 bridgehead atoms. The second kappa shape index (κ2) is 9.40. The summed E-state index contributed by atoms with van der Waals surface area (Å²) in [6.45, 7) is 3.58. The average Bonchev–Trinajstić information content (AvgIpc) is 3.42. The smallest absolute Gasteiger partial charge is 0.269 e. The maximum absolute atomic E-state index is 13.3. The lowest BCUT2D eigenvalue weighted by Crippen LogP contribution is -2.38. The zero-order valence-corrected chi connectivity index (χ0v) is 18.0. The Hall–Kier alpha value is -3.04. The number of fused-ring (bicyclic) bond motifs is 1. The van der Waals surface area contributed by atoms with Crippen molar-refractivity contribution in [2.24, 2.45) is 0 Å². The first kappa shape index (κ1) is 21.2. The second-order valence-electron chi connectivity index (χ2n) is 7.27. The molecule has 0 N–H and O–H groups in total. The molecule has 162 valence electrons. The molecular formula is C22H23N3O5S. The van der Waals surface area contributed by atoms with Crippen molar-refractivity contribution in [3.63, 3.8) is 0 Å². The van der Waals surface area contributed by atoms with Crippen LogP contribution in [0.1, 0.15) is 25.3 Å². The molecule has 1 aliphatic heterocycles. The summed E-state index contributed by atoms with van der Waals surface area (Å²) >= 11 is 1.44. The molecule has 2 aromatic carbocycles. The van der Waals surface area contributed by atoms with Gasteiger partial charge in [-0.25, -0.2) is 4.98 Å². The van der Waals surface area contributed by atoms with Crippen LogP contribution in [0.15, 0.2) is 42.5 Å². The van der Waals surface area contributed by atoms with Gasteiger partial charge in [0.1, 0.15) is 11.3 Å². The number of anilines is 1. The maximum atomic E-state index is 13.3. The van der Waals surface area contributed by atoms with Gasteiger partial charge >= 0.3 is 0 Å². The number of rotatable bonds is 8.